The summed E-state index contributed by atoms with van der Waals surface area (Å²) in [6, 6.07) is 0. The topological polar surface area (TPSA) is 105 Å². The monoisotopic (exact) mass is 448 g/mol. The second-order valence-corrected chi connectivity index (χ2v) is 11.1. The van der Waals surface area contributed by atoms with Gasteiger partial charge in [-0.2, -0.15) is 0 Å². The van der Waals surface area contributed by atoms with E-state index in [1.54, 1.807) is 0 Å². The van der Waals surface area contributed by atoms with E-state index in [2.05, 4.69) is 27.7 Å². The molecule has 7 nitrogen and oxygen atoms in total. The Balaban J connectivity index is 3.35. The zero-order chi connectivity index (χ0) is 23.3. The molecule has 0 aromatic rings. The average Bonchev–Trinajstić information content (AvgIpc) is 2.64. The second-order valence-electron chi connectivity index (χ2n) is 9.73. The molecule has 2 radical (unpaired) electrons. The molecule has 0 aromatic heterocycles. The zero-order valence-corrected chi connectivity index (χ0v) is 20.5. The summed E-state index contributed by atoms with van der Waals surface area (Å²) in [6.07, 6.45) is -1.50. The fourth-order valence-electron chi connectivity index (χ4n) is 4.24. The summed E-state index contributed by atoms with van der Waals surface area (Å²) in [5, 5.41) is 21.2. The van der Waals surface area contributed by atoms with Gasteiger partial charge in [-0.25, -0.2) is 4.57 Å². The van der Waals surface area contributed by atoms with Crippen LogP contribution in [0.5, 0.6) is 0 Å². The van der Waals surface area contributed by atoms with Gasteiger partial charge in [0, 0.05) is 12.5 Å². The zero-order valence-electron chi connectivity index (χ0n) is 19.7. The molecule has 30 heavy (non-hydrogen) atoms. The Morgan fingerprint density at radius 3 is 2.33 bits per heavy atom. The first-order valence-electron chi connectivity index (χ1n) is 11.2. The number of rotatable bonds is 10. The van der Waals surface area contributed by atoms with Gasteiger partial charge in [-0.1, -0.05) is 41.5 Å². The number of hydrogen-bond acceptors (Lipinski definition) is 6. The molecule has 0 aromatic carbocycles. The molecule has 9 heteroatoms. The van der Waals surface area contributed by atoms with Gasteiger partial charge in [0.2, 0.25) is 0 Å². The number of phosphoric ester groups is 1. The largest absolute Gasteiger partial charge is 0.472 e. The summed E-state index contributed by atoms with van der Waals surface area (Å²) in [5.74, 6) is -0.711. The molecule has 176 valence electrons. The molecule has 1 aliphatic rings. The molecule has 8 atom stereocenters. The SMILES string of the molecule is [B]C1C(O)C(OP(=O)(O)OCCC)CC(CO)C(C)(CC(C)C)OC1C(C)C(C)C. The smallest absolute Gasteiger partial charge is 0.396 e. The van der Waals surface area contributed by atoms with E-state index in [1.165, 1.54) is 0 Å². The molecule has 1 aliphatic heterocycles. The van der Waals surface area contributed by atoms with Crippen molar-refractivity contribution >= 4 is 15.7 Å². The number of aliphatic hydroxyl groups is 2. The third-order valence-electron chi connectivity index (χ3n) is 6.27. The van der Waals surface area contributed by atoms with Gasteiger partial charge in [0.05, 0.1) is 38.4 Å². The third-order valence-corrected chi connectivity index (χ3v) is 7.32. The molecule has 1 heterocycles. The minimum atomic E-state index is -4.38. The van der Waals surface area contributed by atoms with E-state index in [1.807, 2.05) is 20.8 Å². The normalized spacial score (nSPS) is 36.3. The molecule has 0 bridgehead atoms. The summed E-state index contributed by atoms with van der Waals surface area (Å²) in [4.78, 5) is 10.1. The minimum Gasteiger partial charge on any atom is -0.396 e. The Bertz CT molecular complexity index is 561. The van der Waals surface area contributed by atoms with Gasteiger partial charge in [0.15, 0.2) is 0 Å². The maximum absolute atomic E-state index is 12.4. The maximum atomic E-state index is 12.4. The first kappa shape index (κ1) is 28.1. The highest BCUT2D eigenvalue weighted by Gasteiger charge is 2.48. The summed E-state index contributed by atoms with van der Waals surface area (Å²) < 4.78 is 29.4. The van der Waals surface area contributed by atoms with Crippen LogP contribution in [0.3, 0.4) is 0 Å². The lowest BCUT2D eigenvalue weighted by molar-refractivity contribution is -0.190. The predicted octanol–water partition coefficient (Wildman–Crippen LogP) is 3.71. The highest BCUT2D eigenvalue weighted by atomic mass is 31.2. The first-order valence-corrected chi connectivity index (χ1v) is 12.7. The molecule has 0 spiro atoms. The van der Waals surface area contributed by atoms with Crippen molar-refractivity contribution in [1.82, 2.24) is 0 Å². The number of phosphoric acid groups is 1. The van der Waals surface area contributed by atoms with Crippen molar-refractivity contribution < 1.29 is 33.5 Å². The van der Waals surface area contributed by atoms with Gasteiger partial charge in [-0.05, 0) is 49.8 Å². The van der Waals surface area contributed by atoms with Crippen molar-refractivity contribution in [3.05, 3.63) is 0 Å². The summed E-state index contributed by atoms with van der Waals surface area (Å²) >= 11 is 0. The van der Waals surface area contributed by atoms with Crippen molar-refractivity contribution in [2.24, 2.45) is 23.7 Å². The fourth-order valence-corrected chi connectivity index (χ4v) is 5.27. The lowest BCUT2D eigenvalue weighted by Gasteiger charge is -2.49. The van der Waals surface area contributed by atoms with E-state index in [-0.39, 0.29) is 37.4 Å². The van der Waals surface area contributed by atoms with E-state index in [9.17, 15) is 19.7 Å². The van der Waals surface area contributed by atoms with E-state index in [0.29, 0.717) is 12.8 Å². The highest BCUT2D eigenvalue weighted by Crippen LogP contribution is 2.50. The molecule has 3 N–H and O–H groups in total. The van der Waals surface area contributed by atoms with Gasteiger partial charge in [0.1, 0.15) is 0 Å². The van der Waals surface area contributed by atoms with E-state index in [4.69, 9.17) is 21.6 Å². The van der Waals surface area contributed by atoms with Crippen LogP contribution in [0.2, 0.25) is 5.82 Å². The van der Waals surface area contributed by atoms with Crippen LogP contribution >= 0.6 is 7.82 Å². The van der Waals surface area contributed by atoms with Gasteiger partial charge in [-0.15, -0.1) is 0 Å². The van der Waals surface area contributed by atoms with Gasteiger partial charge < -0.3 is 19.8 Å². The van der Waals surface area contributed by atoms with Crippen LogP contribution in [0, 0.1) is 23.7 Å². The Hall–Kier alpha value is 0.0549. The van der Waals surface area contributed by atoms with E-state index in [0.717, 1.165) is 0 Å². The average molecular weight is 448 g/mol. The van der Waals surface area contributed by atoms with E-state index >= 15 is 0 Å². The second kappa shape index (κ2) is 11.8. The molecule has 1 fully saturated rings. The number of ether oxygens (including phenoxy) is 1. The van der Waals surface area contributed by atoms with Crippen molar-refractivity contribution in [2.75, 3.05) is 13.2 Å². The Morgan fingerprint density at radius 2 is 1.87 bits per heavy atom. The number of aliphatic hydroxyl groups excluding tert-OH is 2. The van der Waals surface area contributed by atoms with Crippen molar-refractivity contribution in [3.8, 4) is 0 Å². The molecule has 0 saturated carbocycles. The van der Waals surface area contributed by atoms with Crippen molar-refractivity contribution in [2.45, 2.75) is 97.5 Å². The first-order chi connectivity index (χ1) is 13.8. The van der Waals surface area contributed by atoms with Crippen LogP contribution in [0.4, 0.5) is 0 Å². The Labute approximate surface area is 183 Å². The summed E-state index contributed by atoms with van der Waals surface area (Å²) in [7, 11) is 2.07. The summed E-state index contributed by atoms with van der Waals surface area (Å²) in [5.41, 5.74) is -0.736. The maximum Gasteiger partial charge on any atom is 0.472 e. The van der Waals surface area contributed by atoms with Crippen LogP contribution < -0.4 is 0 Å². The van der Waals surface area contributed by atoms with E-state index < -0.39 is 43.5 Å². The third kappa shape index (κ3) is 7.58. The van der Waals surface area contributed by atoms with Crippen LogP contribution in [0.25, 0.3) is 0 Å². The van der Waals surface area contributed by atoms with Crippen LogP contribution in [-0.2, 0) is 18.3 Å². The lowest BCUT2D eigenvalue weighted by Crippen LogP contribution is -2.54. The van der Waals surface area contributed by atoms with Crippen LogP contribution in [-0.4, -0.2) is 60.1 Å². The Morgan fingerprint density at radius 1 is 1.27 bits per heavy atom. The predicted molar refractivity (Wildman–Crippen MR) is 118 cm³/mol. The van der Waals surface area contributed by atoms with Crippen molar-refractivity contribution in [1.29, 1.82) is 0 Å². The van der Waals surface area contributed by atoms with Crippen LogP contribution in [0.1, 0.15) is 67.7 Å². The standard InChI is InChI=1S/C21H42BO7P/c1-8-9-27-30(25,26)29-17-10-16(12-23)21(7,11-13(2)3)28-20(15(6)14(4)5)18(22)19(17)24/h13-20,23-24H,8-12H2,1-7H3,(H,25,26). The van der Waals surface area contributed by atoms with Gasteiger partial charge in [0.25, 0.3) is 0 Å². The van der Waals surface area contributed by atoms with Gasteiger partial charge in [-0.3, -0.25) is 9.05 Å². The quantitative estimate of drug-likeness (QED) is 0.346. The van der Waals surface area contributed by atoms with Gasteiger partial charge >= 0.3 is 7.82 Å². The lowest BCUT2D eigenvalue weighted by atomic mass is 9.66. The van der Waals surface area contributed by atoms with Crippen molar-refractivity contribution in [3.63, 3.8) is 0 Å². The molecular weight excluding hydrogens is 406 g/mol. The summed E-state index contributed by atoms with van der Waals surface area (Å²) in [6.45, 7) is 13.9. The number of hydrogen-bond donors (Lipinski definition) is 3. The molecule has 8 unspecified atom stereocenters. The Kier molecular flexibility index (Phi) is 11.0. The highest BCUT2D eigenvalue weighted by molar-refractivity contribution is 7.47. The van der Waals surface area contributed by atoms with Crippen LogP contribution in [0.15, 0.2) is 0 Å². The minimum absolute atomic E-state index is 0.0107. The fraction of sp³-hybridized carbons (Fsp3) is 1.00. The molecular formula is C21H42BO7P. The molecule has 0 aliphatic carbocycles. The molecule has 1 rings (SSSR count). The molecule has 0 amide bonds. The molecule has 1 saturated heterocycles.